The van der Waals surface area contributed by atoms with Crippen LogP contribution in [0.2, 0.25) is 0 Å². The standard InChI is InChI=1S/C14H17NO/c16-14(15-13-8-4-5-9-13)11-10-12-6-2-1-3-7-12/h1-3,6-7,10-11,13H,4-5,8-9H2,(H,15,16)/b11-10-. The molecule has 1 amide bonds. The van der Waals surface area contributed by atoms with Crippen molar-refractivity contribution in [2.24, 2.45) is 0 Å². The van der Waals surface area contributed by atoms with E-state index in [0.717, 1.165) is 18.4 Å². The maximum absolute atomic E-state index is 11.6. The lowest BCUT2D eigenvalue weighted by molar-refractivity contribution is -0.117. The van der Waals surface area contributed by atoms with Crippen LogP contribution in [0, 0.1) is 0 Å². The minimum absolute atomic E-state index is 0.0238. The highest BCUT2D eigenvalue weighted by Gasteiger charge is 2.15. The first-order chi connectivity index (χ1) is 7.84. The summed E-state index contributed by atoms with van der Waals surface area (Å²) >= 11 is 0. The summed E-state index contributed by atoms with van der Waals surface area (Å²) in [5.74, 6) is 0.0238. The molecule has 1 N–H and O–H groups in total. The van der Waals surface area contributed by atoms with Gasteiger partial charge in [-0.2, -0.15) is 0 Å². The molecule has 0 spiro atoms. The average molecular weight is 215 g/mol. The Morgan fingerprint density at radius 3 is 2.56 bits per heavy atom. The van der Waals surface area contributed by atoms with Gasteiger partial charge in [-0.25, -0.2) is 0 Å². The van der Waals surface area contributed by atoms with E-state index in [9.17, 15) is 4.79 Å². The van der Waals surface area contributed by atoms with Gasteiger partial charge in [0.1, 0.15) is 0 Å². The molecule has 1 aliphatic rings. The summed E-state index contributed by atoms with van der Waals surface area (Å²) in [6.07, 6.45) is 8.22. The van der Waals surface area contributed by atoms with Crippen molar-refractivity contribution in [3.8, 4) is 0 Å². The smallest absolute Gasteiger partial charge is 0.244 e. The zero-order chi connectivity index (χ0) is 11.2. The van der Waals surface area contributed by atoms with E-state index in [-0.39, 0.29) is 5.91 Å². The number of carbonyl (C=O) groups is 1. The first kappa shape index (κ1) is 10.9. The highest BCUT2D eigenvalue weighted by molar-refractivity contribution is 5.91. The predicted octanol–water partition coefficient (Wildman–Crippen LogP) is 2.76. The molecule has 0 unspecified atom stereocenters. The second-order valence-corrected chi connectivity index (χ2v) is 4.23. The third kappa shape index (κ3) is 3.23. The van der Waals surface area contributed by atoms with Crippen molar-refractivity contribution >= 4 is 12.0 Å². The summed E-state index contributed by atoms with van der Waals surface area (Å²) in [5, 5.41) is 3.02. The van der Waals surface area contributed by atoms with E-state index in [4.69, 9.17) is 0 Å². The number of benzene rings is 1. The Morgan fingerprint density at radius 2 is 1.88 bits per heavy atom. The van der Waals surface area contributed by atoms with Gasteiger partial charge in [0.15, 0.2) is 0 Å². The Labute approximate surface area is 96.4 Å². The molecule has 1 aliphatic carbocycles. The third-order valence-corrected chi connectivity index (χ3v) is 2.93. The van der Waals surface area contributed by atoms with Crippen LogP contribution < -0.4 is 5.32 Å². The lowest BCUT2D eigenvalue weighted by atomic mass is 10.2. The summed E-state index contributed by atoms with van der Waals surface area (Å²) < 4.78 is 0. The molecule has 0 aliphatic heterocycles. The zero-order valence-corrected chi connectivity index (χ0v) is 9.36. The lowest BCUT2D eigenvalue weighted by Crippen LogP contribution is -2.30. The van der Waals surface area contributed by atoms with Gasteiger partial charge in [0, 0.05) is 12.1 Å². The number of carbonyl (C=O) groups excluding carboxylic acids is 1. The second kappa shape index (κ2) is 5.50. The zero-order valence-electron chi connectivity index (χ0n) is 9.36. The first-order valence-corrected chi connectivity index (χ1v) is 5.88. The lowest BCUT2D eigenvalue weighted by Gasteiger charge is -2.08. The van der Waals surface area contributed by atoms with E-state index in [1.807, 2.05) is 36.4 Å². The summed E-state index contributed by atoms with van der Waals surface area (Å²) in [6.45, 7) is 0. The van der Waals surface area contributed by atoms with Gasteiger partial charge in [-0.3, -0.25) is 4.79 Å². The summed E-state index contributed by atoms with van der Waals surface area (Å²) in [4.78, 5) is 11.6. The summed E-state index contributed by atoms with van der Waals surface area (Å²) in [6, 6.07) is 10.3. The van der Waals surface area contributed by atoms with Crippen molar-refractivity contribution in [3.63, 3.8) is 0 Å². The molecule has 2 nitrogen and oxygen atoms in total. The van der Waals surface area contributed by atoms with Gasteiger partial charge in [0.25, 0.3) is 0 Å². The van der Waals surface area contributed by atoms with Crippen LogP contribution in [-0.4, -0.2) is 11.9 Å². The molecular weight excluding hydrogens is 198 g/mol. The molecular formula is C14H17NO. The van der Waals surface area contributed by atoms with Crippen molar-refractivity contribution in [1.82, 2.24) is 5.32 Å². The maximum Gasteiger partial charge on any atom is 0.244 e. The third-order valence-electron chi connectivity index (χ3n) is 2.93. The topological polar surface area (TPSA) is 29.1 Å². The van der Waals surface area contributed by atoms with Crippen molar-refractivity contribution < 1.29 is 4.79 Å². The molecule has 0 heterocycles. The van der Waals surface area contributed by atoms with Crippen molar-refractivity contribution in [2.75, 3.05) is 0 Å². The molecule has 84 valence electrons. The van der Waals surface area contributed by atoms with E-state index in [1.54, 1.807) is 6.08 Å². The molecule has 1 aromatic carbocycles. The van der Waals surface area contributed by atoms with Crippen LogP contribution >= 0.6 is 0 Å². The molecule has 1 aromatic rings. The van der Waals surface area contributed by atoms with Crippen molar-refractivity contribution in [1.29, 1.82) is 0 Å². The molecule has 0 saturated heterocycles. The number of nitrogens with one attached hydrogen (secondary N) is 1. The highest BCUT2D eigenvalue weighted by Crippen LogP contribution is 2.17. The minimum Gasteiger partial charge on any atom is -0.350 e. The van der Waals surface area contributed by atoms with E-state index in [0.29, 0.717) is 6.04 Å². The number of hydrogen-bond donors (Lipinski definition) is 1. The minimum atomic E-state index is 0.0238. The molecule has 16 heavy (non-hydrogen) atoms. The van der Waals surface area contributed by atoms with Crippen LogP contribution in [0.4, 0.5) is 0 Å². The number of hydrogen-bond acceptors (Lipinski definition) is 1. The molecule has 1 fully saturated rings. The fourth-order valence-electron chi connectivity index (χ4n) is 2.06. The van der Waals surface area contributed by atoms with E-state index in [2.05, 4.69) is 5.32 Å². The van der Waals surface area contributed by atoms with E-state index in [1.165, 1.54) is 12.8 Å². The highest BCUT2D eigenvalue weighted by atomic mass is 16.1. The fraction of sp³-hybridized carbons (Fsp3) is 0.357. The normalized spacial score (nSPS) is 16.8. The van der Waals surface area contributed by atoms with Gasteiger partial charge < -0.3 is 5.32 Å². The largest absolute Gasteiger partial charge is 0.350 e. The molecule has 0 bridgehead atoms. The monoisotopic (exact) mass is 215 g/mol. The van der Waals surface area contributed by atoms with Gasteiger partial charge in [0.2, 0.25) is 5.91 Å². The van der Waals surface area contributed by atoms with Gasteiger partial charge in [-0.05, 0) is 24.5 Å². The second-order valence-electron chi connectivity index (χ2n) is 4.23. The number of amides is 1. The molecule has 1 saturated carbocycles. The Morgan fingerprint density at radius 1 is 1.19 bits per heavy atom. The van der Waals surface area contributed by atoms with Crippen LogP contribution in [0.3, 0.4) is 0 Å². The Bertz CT molecular complexity index is 364. The van der Waals surface area contributed by atoms with Gasteiger partial charge >= 0.3 is 0 Å². The quantitative estimate of drug-likeness (QED) is 0.772. The van der Waals surface area contributed by atoms with E-state index >= 15 is 0 Å². The van der Waals surface area contributed by atoms with Gasteiger partial charge in [0.05, 0.1) is 0 Å². The molecule has 2 heteroatoms. The van der Waals surface area contributed by atoms with Gasteiger partial charge in [-0.15, -0.1) is 0 Å². The van der Waals surface area contributed by atoms with E-state index < -0.39 is 0 Å². The van der Waals surface area contributed by atoms with Crippen LogP contribution in [0.15, 0.2) is 36.4 Å². The van der Waals surface area contributed by atoms with Crippen LogP contribution in [0.1, 0.15) is 31.2 Å². The van der Waals surface area contributed by atoms with Crippen LogP contribution in [0.5, 0.6) is 0 Å². The summed E-state index contributed by atoms with van der Waals surface area (Å²) in [5.41, 5.74) is 1.06. The Hall–Kier alpha value is -1.57. The average Bonchev–Trinajstić information content (AvgIpc) is 2.81. The fourth-order valence-corrected chi connectivity index (χ4v) is 2.06. The summed E-state index contributed by atoms with van der Waals surface area (Å²) in [7, 11) is 0. The molecule has 2 rings (SSSR count). The Kier molecular flexibility index (Phi) is 3.76. The van der Waals surface area contributed by atoms with Crippen molar-refractivity contribution in [3.05, 3.63) is 42.0 Å². The van der Waals surface area contributed by atoms with Gasteiger partial charge in [-0.1, -0.05) is 43.2 Å². The molecule has 0 aromatic heterocycles. The first-order valence-electron chi connectivity index (χ1n) is 5.88. The maximum atomic E-state index is 11.6. The molecule has 0 atom stereocenters. The number of rotatable bonds is 3. The Balaban J connectivity index is 1.84. The molecule has 0 radical (unpaired) electrons. The van der Waals surface area contributed by atoms with Crippen molar-refractivity contribution in [2.45, 2.75) is 31.7 Å². The van der Waals surface area contributed by atoms with Crippen LogP contribution in [-0.2, 0) is 4.79 Å². The van der Waals surface area contributed by atoms with Crippen LogP contribution in [0.25, 0.3) is 6.08 Å². The predicted molar refractivity (Wildman–Crippen MR) is 65.9 cm³/mol. The SMILES string of the molecule is O=C(/C=C\c1ccccc1)NC1CCCC1.